The molecule has 0 fully saturated rings. The fourth-order valence-corrected chi connectivity index (χ4v) is 1.27. The van der Waals surface area contributed by atoms with E-state index in [1.807, 2.05) is 18.1 Å². The van der Waals surface area contributed by atoms with Crippen molar-refractivity contribution < 1.29 is 0 Å². The Balaban J connectivity index is 2.78. The quantitative estimate of drug-likeness (QED) is 0.559. The maximum Gasteiger partial charge on any atom is 0.131 e. The van der Waals surface area contributed by atoms with E-state index in [9.17, 15) is 0 Å². The number of amidine groups is 1. The van der Waals surface area contributed by atoms with Crippen LogP contribution in [-0.2, 0) is 7.05 Å². The highest BCUT2D eigenvalue weighted by molar-refractivity contribution is 5.95. The Kier molecular flexibility index (Phi) is 3.06. The lowest BCUT2D eigenvalue weighted by Crippen LogP contribution is -2.30. The summed E-state index contributed by atoms with van der Waals surface area (Å²) in [6, 6.07) is 0. The molecule has 0 saturated carbocycles. The van der Waals surface area contributed by atoms with Crippen molar-refractivity contribution in [3.05, 3.63) is 18.0 Å². The van der Waals surface area contributed by atoms with Crippen LogP contribution >= 0.6 is 0 Å². The van der Waals surface area contributed by atoms with Crippen LogP contribution in [0.25, 0.3) is 0 Å². The zero-order valence-corrected chi connectivity index (χ0v) is 8.41. The first kappa shape index (κ1) is 9.77. The van der Waals surface area contributed by atoms with Crippen molar-refractivity contribution >= 4 is 5.84 Å². The number of aryl methyl sites for hydroxylation is 1. The molecule has 0 spiro atoms. The first-order valence-electron chi connectivity index (χ1n) is 4.51. The molecule has 1 heterocycles. The normalized spacial score (nSPS) is 10.1. The van der Waals surface area contributed by atoms with Crippen molar-refractivity contribution in [3.8, 4) is 0 Å². The highest BCUT2D eigenvalue weighted by atomic mass is 15.2. The molecule has 4 heteroatoms. The van der Waals surface area contributed by atoms with Crippen molar-refractivity contribution in [1.29, 1.82) is 5.41 Å². The molecule has 0 aliphatic rings. The van der Waals surface area contributed by atoms with E-state index in [1.54, 1.807) is 10.9 Å². The van der Waals surface area contributed by atoms with Crippen molar-refractivity contribution in [2.24, 2.45) is 7.05 Å². The zero-order valence-electron chi connectivity index (χ0n) is 8.41. The third kappa shape index (κ3) is 2.08. The van der Waals surface area contributed by atoms with Gasteiger partial charge in [-0.15, -0.1) is 0 Å². The smallest absolute Gasteiger partial charge is 0.131 e. The largest absolute Gasteiger partial charge is 0.357 e. The second-order valence-corrected chi connectivity index (χ2v) is 2.92. The summed E-state index contributed by atoms with van der Waals surface area (Å²) < 4.78 is 1.72. The summed E-state index contributed by atoms with van der Waals surface area (Å²) in [7, 11) is 1.86. The average Bonchev–Trinajstić information content (AvgIpc) is 2.54. The van der Waals surface area contributed by atoms with Gasteiger partial charge in [-0.25, -0.2) is 0 Å². The van der Waals surface area contributed by atoms with E-state index in [0.29, 0.717) is 5.84 Å². The summed E-state index contributed by atoms with van der Waals surface area (Å²) in [4.78, 5) is 2.00. The van der Waals surface area contributed by atoms with Crippen LogP contribution in [0.1, 0.15) is 19.4 Å². The lowest BCUT2D eigenvalue weighted by molar-refractivity contribution is 0.463. The van der Waals surface area contributed by atoms with Crippen LogP contribution in [-0.4, -0.2) is 33.6 Å². The molecule has 0 amide bonds. The number of rotatable bonds is 3. The predicted molar refractivity (Wildman–Crippen MR) is 53.0 cm³/mol. The predicted octanol–water partition coefficient (Wildman–Crippen LogP) is 1.09. The topological polar surface area (TPSA) is 44.9 Å². The number of hydrogen-bond acceptors (Lipinski definition) is 2. The zero-order chi connectivity index (χ0) is 9.84. The third-order valence-corrected chi connectivity index (χ3v) is 2.06. The Labute approximate surface area is 78.7 Å². The third-order valence-electron chi connectivity index (χ3n) is 2.06. The number of aromatic nitrogens is 2. The fourth-order valence-electron chi connectivity index (χ4n) is 1.27. The molecule has 1 aromatic heterocycles. The Morgan fingerprint density at radius 1 is 1.54 bits per heavy atom. The van der Waals surface area contributed by atoms with Crippen molar-refractivity contribution in [3.63, 3.8) is 0 Å². The minimum Gasteiger partial charge on any atom is -0.357 e. The first-order valence-corrected chi connectivity index (χ1v) is 4.51. The highest BCUT2D eigenvalue weighted by Crippen LogP contribution is 2.02. The molecule has 0 atom stereocenters. The van der Waals surface area contributed by atoms with Crippen LogP contribution in [0.15, 0.2) is 12.4 Å². The van der Waals surface area contributed by atoms with Crippen LogP contribution in [0.5, 0.6) is 0 Å². The minimum absolute atomic E-state index is 0.554. The van der Waals surface area contributed by atoms with Crippen LogP contribution in [0.2, 0.25) is 0 Å². The van der Waals surface area contributed by atoms with Gasteiger partial charge >= 0.3 is 0 Å². The Hall–Kier alpha value is -1.32. The van der Waals surface area contributed by atoms with Gasteiger partial charge in [0.1, 0.15) is 5.84 Å². The standard InChI is InChI=1S/C9H16N4/c1-4-13(5-2)9(10)8-6-11-12(3)7-8/h6-7,10H,4-5H2,1-3H3. The summed E-state index contributed by atoms with van der Waals surface area (Å²) in [5.74, 6) is 0.554. The Bertz CT molecular complexity index is 286. The molecule has 1 N–H and O–H groups in total. The van der Waals surface area contributed by atoms with E-state index in [-0.39, 0.29) is 0 Å². The summed E-state index contributed by atoms with van der Waals surface area (Å²) in [6.07, 6.45) is 3.58. The van der Waals surface area contributed by atoms with Gasteiger partial charge in [-0.2, -0.15) is 5.10 Å². The average molecular weight is 180 g/mol. The Morgan fingerprint density at radius 3 is 2.54 bits per heavy atom. The molecule has 0 radical (unpaired) electrons. The van der Waals surface area contributed by atoms with E-state index in [4.69, 9.17) is 5.41 Å². The van der Waals surface area contributed by atoms with Crippen molar-refractivity contribution in [1.82, 2.24) is 14.7 Å². The molecule has 0 aliphatic heterocycles. The summed E-state index contributed by atoms with van der Waals surface area (Å²) in [6.45, 7) is 5.83. The molecular formula is C9H16N4. The lowest BCUT2D eigenvalue weighted by atomic mass is 10.3. The lowest BCUT2D eigenvalue weighted by Gasteiger charge is -2.20. The first-order chi connectivity index (χ1) is 6.19. The van der Waals surface area contributed by atoms with Gasteiger partial charge in [0, 0.05) is 26.3 Å². The highest BCUT2D eigenvalue weighted by Gasteiger charge is 2.08. The number of nitrogens with one attached hydrogen (secondary N) is 1. The van der Waals surface area contributed by atoms with Gasteiger partial charge in [-0.1, -0.05) is 0 Å². The molecular weight excluding hydrogens is 164 g/mol. The molecule has 0 saturated heterocycles. The van der Waals surface area contributed by atoms with Crippen LogP contribution in [0.3, 0.4) is 0 Å². The SMILES string of the molecule is CCN(CC)C(=N)c1cnn(C)c1. The summed E-state index contributed by atoms with van der Waals surface area (Å²) in [5.41, 5.74) is 0.881. The summed E-state index contributed by atoms with van der Waals surface area (Å²) >= 11 is 0. The van der Waals surface area contributed by atoms with Crippen LogP contribution < -0.4 is 0 Å². The van der Waals surface area contributed by atoms with E-state index < -0.39 is 0 Å². The molecule has 72 valence electrons. The van der Waals surface area contributed by atoms with Gasteiger partial charge in [0.25, 0.3) is 0 Å². The van der Waals surface area contributed by atoms with Gasteiger partial charge in [-0.3, -0.25) is 10.1 Å². The molecule has 0 bridgehead atoms. The summed E-state index contributed by atoms with van der Waals surface area (Å²) in [5, 5.41) is 11.9. The molecule has 0 aliphatic carbocycles. The maximum absolute atomic E-state index is 7.87. The maximum atomic E-state index is 7.87. The number of nitrogens with zero attached hydrogens (tertiary/aromatic N) is 3. The van der Waals surface area contributed by atoms with Crippen LogP contribution in [0.4, 0.5) is 0 Å². The van der Waals surface area contributed by atoms with Gasteiger partial charge in [0.2, 0.25) is 0 Å². The van der Waals surface area contributed by atoms with E-state index >= 15 is 0 Å². The number of hydrogen-bond donors (Lipinski definition) is 1. The Morgan fingerprint density at radius 2 is 2.15 bits per heavy atom. The fraction of sp³-hybridized carbons (Fsp3) is 0.556. The second-order valence-electron chi connectivity index (χ2n) is 2.92. The van der Waals surface area contributed by atoms with Crippen molar-refractivity contribution in [2.45, 2.75) is 13.8 Å². The van der Waals surface area contributed by atoms with Crippen LogP contribution in [0, 0.1) is 5.41 Å². The molecule has 4 nitrogen and oxygen atoms in total. The molecule has 1 rings (SSSR count). The second kappa shape index (κ2) is 4.07. The van der Waals surface area contributed by atoms with Crippen molar-refractivity contribution in [2.75, 3.05) is 13.1 Å². The van der Waals surface area contributed by atoms with E-state index in [1.165, 1.54) is 0 Å². The van der Waals surface area contributed by atoms with E-state index in [2.05, 4.69) is 18.9 Å². The van der Waals surface area contributed by atoms with Gasteiger partial charge in [-0.05, 0) is 13.8 Å². The van der Waals surface area contributed by atoms with Gasteiger partial charge in [0.05, 0.1) is 11.8 Å². The van der Waals surface area contributed by atoms with Gasteiger partial charge in [0.15, 0.2) is 0 Å². The molecule has 13 heavy (non-hydrogen) atoms. The minimum atomic E-state index is 0.554. The molecule has 0 unspecified atom stereocenters. The molecule has 0 aromatic carbocycles. The molecule has 1 aromatic rings. The van der Waals surface area contributed by atoms with E-state index in [0.717, 1.165) is 18.7 Å². The van der Waals surface area contributed by atoms with Gasteiger partial charge < -0.3 is 4.90 Å². The monoisotopic (exact) mass is 180 g/mol.